The Morgan fingerprint density at radius 2 is 1.68 bits per heavy atom. The molecule has 1 aromatic heterocycles. The minimum Gasteiger partial charge on any atom is -0.496 e. The number of hydrogen-bond acceptors (Lipinski definition) is 4. The van der Waals surface area contributed by atoms with Crippen molar-refractivity contribution in [3.8, 4) is 17.2 Å². The summed E-state index contributed by atoms with van der Waals surface area (Å²) in [6.07, 6.45) is 3.31. The van der Waals surface area contributed by atoms with E-state index in [1.165, 1.54) is 7.11 Å². The number of hydrogen-bond donors (Lipinski definition) is 1. The van der Waals surface area contributed by atoms with Crippen molar-refractivity contribution in [2.45, 2.75) is 0 Å². The molecule has 1 N–H and O–H groups in total. The molecule has 0 aliphatic rings. The van der Waals surface area contributed by atoms with Crippen LogP contribution in [-0.4, -0.2) is 18.0 Å². The lowest BCUT2D eigenvalue weighted by molar-refractivity contribution is 0.102. The van der Waals surface area contributed by atoms with Crippen LogP contribution >= 0.6 is 11.6 Å². The number of rotatable bonds is 5. The lowest BCUT2D eigenvalue weighted by Crippen LogP contribution is -2.13. The van der Waals surface area contributed by atoms with E-state index in [2.05, 4.69) is 10.3 Å². The third-order valence-electron chi connectivity index (χ3n) is 3.40. The molecule has 3 rings (SSSR count). The highest BCUT2D eigenvalue weighted by atomic mass is 35.5. The molecule has 0 atom stereocenters. The molecular formula is C19H15ClN2O3. The molecule has 0 radical (unpaired) electrons. The summed E-state index contributed by atoms with van der Waals surface area (Å²) in [4.78, 5) is 16.4. The highest BCUT2D eigenvalue weighted by Crippen LogP contribution is 2.25. The van der Waals surface area contributed by atoms with Crippen molar-refractivity contribution >= 4 is 23.2 Å². The van der Waals surface area contributed by atoms with Crippen LogP contribution in [0.15, 0.2) is 67.0 Å². The van der Waals surface area contributed by atoms with E-state index in [-0.39, 0.29) is 5.91 Å². The number of nitrogens with zero attached hydrogens (tertiary/aromatic N) is 1. The van der Waals surface area contributed by atoms with Gasteiger partial charge in [-0.1, -0.05) is 11.6 Å². The van der Waals surface area contributed by atoms with Gasteiger partial charge in [-0.15, -0.1) is 0 Å². The normalized spacial score (nSPS) is 10.2. The second kappa shape index (κ2) is 7.68. The van der Waals surface area contributed by atoms with Crippen molar-refractivity contribution in [2.75, 3.05) is 12.4 Å². The van der Waals surface area contributed by atoms with Crippen molar-refractivity contribution < 1.29 is 14.3 Å². The number of benzene rings is 2. The molecule has 6 heteroatoms. The molecule has 0 bridgehead atoms. The summed E-state index contributed by atoms with van der Waals surface area (Å²) in [6.45, 7) is 0. The Kier molecular flexibility index (Phi) is 5.16. The summed E-state index contributed by atoms with van der Waals surface area (Å²) in [5.41, 5.74) is 1.00. The van der Waals surface area contributed by atoms with Crippen molar-refractivity contribution in [1.29, 1.82) is 0 Å². The van der Waals surface area contributed by atoms with Gasteiger partial charge < -0.3 is 14.8 Å². The molecule has 0 fully saturated rings. The average molecular weight is 355 g/mol. The first kappa shape index (κ1) is 16.8. The molecule has 0 aliphatic heterocycles. The molecule has 25 heavy (non-hydrogen) atoms. The molecule has 1 amide bonds. The summed E-state index contributed by atoms with van der Waals surface area (Å²) >= 11 is 5.96. The van der Waals surface area contributed by atoms with Crippen LogP contribution in [0.25, 0.3) is 0 Å². The standard InChI is InChI=1S/C19H15ClN2O3/c1-24-18-7-2-13(20)12-17(18)19(23)22-14-3-5-15(6-4-14)25-16-8-10-21-11-9-16/h2-12H,1H3,(H,22,23). The van der Waals surface area contributed by atoms with Crippen LogP contribution < -0.4 is 14.8 Å². The van der Waals surface area contributed by atoms with Crippen LogP contribution in [0.1, 0.15) is 10.4 Å². The summed E-state index contributed by atoms with van der Waals surface area (Å²) in [5, 5.41) is 3.27. The van der Waals surface area contributed by atoms with Crippen LogP contribution in [-0.2, 0) is 0 Å². The van der Waals surface area contributed by atoms with E-state index in [4.69, 9.17) is 21.1 Å². The van der Waals surface area contributed by atoms with Crippen LogP contribution in [0.5, 0.6) is 17.2 Å². The molecule has 5 nitrogen and oxygen atoms in total. The van der Waals surface area contributed by atoms with E-state index in [1.807, 2.05) is 0 Å². The fourth-order valence-corrected chi connectivity index (χ4v) is 2.38. The van der Waals surface area contributed by atoms with Gasteiger partial charge in [-0.2, -0.15) is 0 Å². The fourth-order valence-electron chi connectivity index (χ4n) is 2.20. The fraction of sp³-hybridized carbons (Fsp3) is 0.0526. The zero-order valence-corrected chi connectivity index (χ0v) is 14.2. The average Bonchev–Trinajstić information content (AvgIpc) is 2.64. The van der Waals surface area contributed by atoms with Crippen molar-refractivity contribution in [3.63, 3.8) is 0 Å². The number of carbonyl (C=O) groups excluding carboxylic acids is 1. The van der Waals surface area contributed by atoms with E-state index in [9.17, 15) is 4.79 Å². The number of pyridine rings is 1. The number of anilines is 1. The number of aromatic nitrogens is 1. The first-order valence-electron chi connectivity index (χ1n) is 7.48. The third-order valence-corrected chi connectivity index (χ3v) is 3.64. The Morgan fingerprint density at radius 1 is 1.00 bits per heavy atom. The van der Waals surface area contributed by atoms with Gasteiger partial charge in [0.25, 0.3) is 5.91 Å². The monoisotopic (exact) mass is 354 g/mol. The smallest absolute Gasteiger partial charge is 0.259 e. The van der Waals surface area contributed by atoms with Crippen molar-refractivity contribution in [3.05, 3.63) is 77.6 Å². The molecule has 1 heterocycles. The first-order chi connectivity index (χ1) is 12.2. The second-order valence-corrected chi connectivity index (χ2v) is 5.54. The molecule has 2 aromatic carbocycles. The zero-order valence-electron chi connectivity index (χ0n) is 13.4. The molecule has 0 saturated heterocycles. The summed E-state index contributed by atoms with van der Waals surface area (Å²) in [5.74, 6) is 1.50. The molecule has 0 aliphatic carbocycles. The van der Waals surface area contributed by atoms with Crippen molar-refractivity contribution in [2.24, 2.45) is 0 Å². The van der Waals surface area contributed by atoms with Gasteiger partial charge in [-0.25, -0.2) is 0 Å². The Morgan fingerprint density at radius 3 is 2.36 bits per heavy atom. The second-order valence-electron chi connectivity index (χ2n) is 5.11. The minimum absolute atomic E-state index is 0.304. The molecule has 126 valence electrons. The van der Waals surface area contributed by atoms with Crippen LogP contribution in [0.4, 0.5) is 5.69 Å². The summed E-state index contributed by atoms with van der Waals surface area (Å²) in [7, 11) is 1.51. The molecule has 0 unspecified atom stereocenters. The van der Waals surface area contributed by atoms with Gasteiger partial charge in [0.2, 0.25) is 0 Å². The number of halogens is 1. The van der Waals surface area contributed by atoms with Gasteiger partial charge in [-0.05, 0) is 54.6 Å². The lowest BCUT2D eigenvalue weighted by atomic mass is 10.2. The van der Waals surface area contributed by atoms with Gasteiger partial charge in [0.05, 0.1) is 12.7 Å². The Labute approximate surface area is 150 Å². The van der Waals surface area contributed by atoms with Gasteiger partial charge in [0.1, 0.15) is 17.2 Å². The number of nitrogens with one attached hydrogen (secondary N) is 1. The predicted molar refractivity (Wildman–Crippen MR) is 96.7 cm³/mol. The van der Waals surface area contributed by atoms with Crippen LogP contribution in [0, 0.1) is 0 Å². The maximum atomic E-state index is 12.4. The molecule has 3 aromatic rings. The number of ether oxygens (including phenoxy) is 2. The Bertz CT molecular complexity index is 868. The molecule has 0 spiro atoms. The Balaban J connectivity index is 1.71. The summed E-state index contributed by atoms with van der Waals surface area (Å²) in [6, 6.07) is 15.5. The molecular weight excluding hydrogens is 340 g/mol. The van der Waals surface area contributed by atoms with Gasteiger partial charge >= 0.3 is 0 Å². The number of carbonyl (C=O) groups is 1. The largest absolute Gasteiger partial charge is 0.496 e. The number of amides is 1. The van der Waals surface area contributed by atoms with E-state index in [1.54, 1.807) is 67.0 Å². The Hall–Kier alpha value is -3.05. The zero-order chi connectivity index (χ0) is 17.6. The SMILES string of the molecule is COc1ccc(Cl)cc1C(=O)Nc1ccc(Oc2ccncc2)cc1. The van der Waals surface area contributed by atoms with E-state index >= 15 is 0 Å². The number of methoxy groups -OCH3 is 1. The van der Waals surface area contributed by atoms with Crippen molar-refractivity contribution in [1.82, 2.24) is 4.98 Å². The maximum Gasteiger partial charge on any atom is 0.259 e. The quantitative estimate of drug-likeness (QED) is 0.715. The van der Waals surface area contributed by atoms with Gasteiger partial charge in [0, 0.05) is 23.1 Å². The van der Waals surface area contributed by atoms with Crippen LogP contribution in [0.3, 0.4) is 0 Å². The van der Waals surface area contributed by atoms with Gasteiger partial charge in [0.15, 0.2) is 0 Å². The van der Waals surface area contributed by atoms with Gasteiger partial charge in [-0.3, -0.25) is 9.78 Å². The molecule has 0 saturated carbocycles. The topological polar surface area (TPSA) is 60.5 Å². The minimum atomic E-state index is -0.304. The van der Waals surface area contributed by atoms with E-state index < -0.39 is 0 Å². The van der Waals surface area contributed by atoms with E-state index in [0.717, 1.165) is 0 Å². The van der Waals surface area contributed by atoms with Crippen LogP contribution in [0.2, 0.25) is 5.02 Å². The highest BCUT2D eigenvalue weighted by molar-refractivity contribution is 6.31. The predicted octanol–water partition coefficient (Wildman–Crippen LogP) is 4.79. The summed E-state index contributed by atoms with van der Waals surface area (Å²) < 4.78 is 10.9. The lowest BCUT2D eigenvalue weighted by Gasteiger charge is -2.10. The first-order valence-corrected chi connectivity index (χ1v) is 7.86. The van der Waals surface area contributed by atoms with E-state index in [0.29, 0.717) is 33.5 Å². The highest BCUT2D eigenvalue weighted by Gasteiger charge is 2.13. The third kappa shape index (κ3) is 4.28. The maximum absolute atomic E-state index is 12.4.